The van der Waals surface area contributed by atoms with Crippen molar-refractivity contribution in [2.24, 2.45) is 0 Å². The Morgan fingerprint density at radius 1 is 0.974 bits per heavy atom. The van der Waals surface area contributed by atoms with Crippen LogP contribution in [0.15, 0.2) is 66.7 Å². The van der Waals surface area contributed by atoms with Gasteiger partial charge in [-0.15, -0.1) is 13.2 Å². The van der Waals surface area contributed by atoms with Crippen molar-refractivity contribution in [2.45, 2.75) is 51.3 Å². The van der Waals surface area contributed by atoms with Crippen LogP contribution in [0.5, 0.6) is 5.75 Å². The summed E-state index contributed by atoms with van der Waals surface area (Å²) in [5.74, 6) is -0.548. The van der Waals surface area contributed by atoms with Gasteiger partial charge >= 0.3 is 12.5 Å². The van der Waals surface area contributed by atoms with Crippen LogP contribution in [0.3, 0.4) is 0 Å². The van der Waals surface area contributed by atoms with E-state index in [2.05, 4.69) is 15.4 Å². The lowest BCUT2D eigenvalue weighted by molar-refractivity contribution is -0.274. The molecule has 0 radical (unpaired) electrons. The summed E-state index contributed by atoms with van der Waals surface area (Å²) in [6.45, 7) is 3.04. The fourth-order valence-electron chi connectivity index (χ4n) is 4.80. The molecule has 0 fully saturated rings. The minimum atomic E-state index is -4.87. The molecular formula is C28H27F6N3O2. The Morgan fingerprint density at radius 3 is 2.38 bits per heavy atom. The molecule has 2 atom stereocenters. The monoisotopic (exact) mass is 551 g/mol. The Kier molecular flexibility index (Phi) is 7.99. The third kappa shape index (κ3) is 7.15. The summed E-state index contributed by atoms with van der Waals surface area (Å²) >= 11 is 0. The van der Waals surface area contributed by atoms with Crippen LogP contribution in [-0.4, -0.2) is 31.0 Å². The van der Waals surface area contributed by atoms with E-state index in [0.717, 1.165) is 11.1 Å². The van der Waals surface area contributed by atoms with Gasteiger partial charge in [-0.3, -0.25) is 4.79 Å². The molecule has 5 nitrogen and oxygen atoms in total. The van der Waals surface area contributed by atoms with Crippen LogP contribution in [0.2, 0.25) is 0 Å². The van der Waals surface area contributed by atoms with Gasteiger partial charge in [0.05, 0.1) is 18.2 Å². The highest BCUT2D eigenvalue weighted by Gasteiger charge is 2.35. The maximum Gasteiger partial charge on any atom is 0.573 e. The molecule has 208 valence electrons. The number of hydrogen-bond donors (Lipinski definition) is 2. The summed E-state index contributed by atoms with van der Waals surface area (Å²) in [6.07, 6.45) is -9.70. The van der Waals surface area contributed by atoms with Gasteiger partial charge in [-0.1, -0.05) is 30.3 Å². The smallest absolute Gasteiger partial charge is 0.404 e. The number of rotatable bonds is 7. The number of hydrogen-bond acceptors (Lipinski definition) is 4. The van der Waals surface area contributed by atoms with E-state index >= 15 is 0 Å². The Bertz CT molecular complexity index is 1330. The first-order valence-electron chi connectivity index (χ1n) is 12.3. The number of halogens is 6. The van der Waals surface area contributed by atoms with Gasteiger partial charge in [0, 0.05) is 30.9 Å². The second-order valence-corrected chi connectivity index (χ2v) is 9.36. The van der Waals surface area contributed by atoms with E-state index in [0.29, 0.717) is 23.4 Å². The van der Waals surface area contributed by atoms with Crippen molar-refractivity contribution in [3.63, 3.8) is 0 Å². The van der Waals surface area contributed by atoms with Crippen LogP contribution in [0.4, 0.5) is 43.4 Å². The predicted octanol–water partition coefficient (Wildman–Crippen LogP) is 7.91. The number of anilines is 3. The van der Waals surface area contributed by atoms with Crippen molar-refractivity contribution in [2.75, 3.05) is 22.1 Å². The third-order valence-corrected chi connectivity index (χ3v) is 6.40. The number of nitrogens with one attached hydrogen (secondary N) is 2. The van der Waals surface area contributed by atoms with Gasteiger partial charge in [-0.05, 0) is 66.4 Å². The zero-order valence-electron chi connectivity index (χ0n) is 21.2. The third-order valence-electron chi connectivity index (χ3n) is 6.40. The van der Waals surface area contributed by atoms with E-state index in [4.69, 9.17) is 0 Å². The molecular weight excluding hydrogens is 524 g/mol. The Hall–Kier alpha value is -3.89. The number of ether oxygens (including phenoxy) is 1. The van der Waals surface area contributed by atoms with E-state index in [1.807, 2.05) is 13.0 Å². The summed E-state index contributed by atoms with van der Waals surface area (Å²) in [7, 11) is 0. The number of benzene rings is 3. The molecule has 3 aromatic rings. The molecule has 0 saturated heterocycles. The highest BCUT2D eigenvalue weighted by molar-refractivity contribution is 5.94. The number of alkyl halides is 6. The molecule has 1 heterocycles. The summed E-state index contributed by atoms with van der Waals surface area (Å²) in [5.41, 5.74) is 3.44. The lowest BCUT2D eigenvalue weighted by atomic mass is 9.88. The lowest BCUT2D eigenvalue weighted by Gasteiger charge is -2.40. The minimum absolute atomic E-state index is 0.149. The van der Waals surface area contributed by atoms with Crippen LogP contribution in [0, 0.1) is 0 Å². The Balaban J connectivity index is 1.68. The van der Waals surface area contributed by atoms with Crippen molar-refractivity contribution in [1.29, 1.82) is 0 Å². The quantitative estimate of drug-likeness (QED) is 0.293. The Morgan fingerprint density at radius 2 is 1.69 bits per heavy atom. The lowest BCUT2D eigenvalue weighted by Crippen LogP contribution is -2.43. The number of fused-ring (bicyclic) bond motifs is 1. The standard InChI is InChI=1S/C28H27F6N3O2/c1-17-14-24(36-23-8-3-4-9-26(23)39-28(32,33)34)22-16-20(10-11-25(22)37(17)18(2)38)19-6-5-7-21(15-19)35-13-12-27(29,30)31/h3-11,15-17,24,35-36H,12-14H2,1-2H3/t17-,24+/m0/s1. The van der Waals surface area contributed by atoms with Crippen molar-refractivity contribution in [1.82, 2.24) is 0 Å². The highest BCUT2D eigenvalue weighted by Crippen LogP contribution is 2.43. The molecule has 3 aromatic carbocycles. The summed E-state index contributed by atoms with van der Waals surface area (Å²) < 4.78 is 80.8. The van der Waals surface area contributed by atoms with E-state index in [1.165, 1.54) is 25.1 Å². The second-order valence-electron chi connectivity index (χ2n) is 9.36. The minimum Gasteiger partial charge on any atom is -0.404 e. The van der Waals surface area contributed by atoms with Gasteiger partial charge in [0.15, 0.2) is 5.75 Å². The average Bonchev–Trinajstić information content (AvgIpc) is 2.83. The first-order valence-corrected chi connectivity index (χ1v) is 12.3. The van der Waals surface area contributed by atoms with E-state index < -0.39 is 25.0 Å². The fraction of sp³-hybridized carbons (Fsp3) is 0.321. The van der Waals surface area contributed by atoms with Gasteiger partial charge < -0.3 is 20.3 Å². The molecule has 2 N–H and O–H groups in total. The molecule has 4 rings (SSSR count). The second kappa shape index (κ2) is 11.1. The molecule has 0 bridgehead atoms. The SMILES string of the molecule is CC(=O)N1c2ccc(-c3cccc(NCCC(F)(F)F)c3)cc2[C@H](Nc2ccccc2OC(F)(F)F)C[C@@H]1C. The normalized spacial score (nSPS) is 17.4. The average molecular weight is 552 g/mol. The molecule has 1 aliphatic rings. The molecule has 11 heteroatoms. The Labute approximate surface area is 221 Å². The van der Waals surface area contributed by atoms with Crippen LogP contribution in [0.1, 0.15) is 38.3 Å². The summed E-state index contributed by atoms with van der Waals surface area (Å²) in [4.78, 5) is 14.1. The van der Waals surface area contributed by atoms with E-state index in [-0.39, 0.29) is 29.9 Å². The van der Waals surface area contributed by atoms with Crippen molar-refractivity contribution < 1.29 is 35.9 Å². The highest BCUT2D eigenvalue weighted by atomic mass is 19.4. The van der Waals surface area contributed by atoms with Crippen LogP contribution in [0.25, 0.3) is 11.1 Å². The van der Waals surface area contributed by atoms with Crippen LogP contribution >= 0.6 is 0 Å². The van der Waals surface area contributed by atoms with Gasteiger partial charge in [-0.25, -0.2) is 0 Å². The van der Waals surface area contributed by atoms with E-state index in [9.17, 15) is 31.1 Å². The summed E-state index contributed by atoms with van der Waals surface area (Å²) in [5, 5.41) is 5.95. The molecule has 39 heavy (non-hydrogen) atoms. The maximum absolute atomic E-state index is 13.0. The molecule has 0 aliphatic carbocycles. The fourth-order valence-corrected chi connectivity index (χ4v) is 4.80. The number of carbonyl (C=O) groups is 1. The zero-order valence-corrected chi connectivity index (χ0v) is 21.2. The molecule has 0 saturated carbocycles. The van der Waals surface area contributed by atoms with Crippen LogP contribution < -0.4 is 20.3 Å². The number of para-hydroxylation sites is 2. The molecule has 0 unspecified atom stereocenters. The molecule has 0 aromatic heterocycles. The van der Waals surface area contributed by atoms with Gasteiger partial charge in [-0.2, -0.15) is 13.2 Å². The number of nitrogens with zero attached hydrogens (tertiary/aromatic N) is 1. The topological polar surface area (TPSA) is 53.6 Å². The number of carbonyl (C=O) groups excluding carboxylic acids is 1. The van der Waals surface area contributed by atoms with Crippen LogP contribution in [-0.2, 0) is 4.79 Å². The molecule has 0 spiro atoms. The van der Waals surface area contributed by atoms with Gasteiger partial charge in [0.1, 0.15) is 0 Å². The maximum atomic E-state index is 13.0. The van der Waals surface area contributed by atoms with Crippen molar-refractivity contribution >= 4 is 23.0 Å². The van der Waals surface area contributed by atoms with E-state index in [1.54, 1.807) is 47.4 Å². The zero-order chi connectivity index (χ0) is 28.4. The molecule has 1 aliphatic heterocycles. The van der Waals surface area contributed by atoms with Gasteiger partial charge in [0.25, 0.3) is 0 Å². The first-order chi connectivity index (χ1) is 18.3. The summed E-state index contributed by atoms with van der Waals surface area (Å²) in [6, 6.07) is 17.4. The molecule has 1 amide bonds. The predicted molar refractivity (Wildman–Crippen MR) is 138 cm³/mol. The first kappa shape index (κ1) is 28.1. The van der Waals surface area contributed by atoms with Crippen molar-refractivity contribution in [3.05, 3.63) is 72.3 Å². The van der Waals surface area contributed by atoms with Gasteiger partial charge in [0.2, 0.25) is 5.91 Å². The largest absolute Gasteiger partial charge is 0.573 e. The van der Waals surface area contributed by atoms with Crippen molar-refractivity contribution in [3.8, 4) is 16.9 Å². The number of amides is 1.